The van der Waals surface area contributed by atoms with Gasteiger partial charge < -0.3 is 19.9 Å². The second-order valence-corrected chi connectivity index (χ2v) is 18.6. The molecule has 1 unspecified atom stereocenters. The Morgan fingerprint density at radius 1 is 0.905 bits per heavy atom. The number of anilines is 2. The average Bonchev–Trinajstić information content (AvgIpc) is 3.51. The minimum Gasteiger partial charge on any atom is -0.488 e. The quantitative estimate of drug-likeness (QED) is 0.222. The molecule has 1 saturated carbocycles. The minimum atomic E-state index is -1.11. The van der Waals surface area contributed by atoms with Crippen LogP contribution in [0.25, 0.3) is 10.9 Å². The Kier molecular flexibility index (Phi) is 10.6. The maximum Gasteiger partial charge on any atom is 0.262 e. The highest BCUT2D eigenvalue weighted by Gasteiger charge is 2.64. The van der Waals surface area contributed by atoms with Crippen molar-refractivity contribution in [3.8, 4) is 11.8 Å². The van der Waals surface area contributed by atoms with Gasteiger partial charge in [0.2, 0.25) is 11.8 Å². The maximum absolute atomic E-state index is 15.5. The van der Waals surface area contributed by atoms with Gasteiger partial charge in [0.05, 0.1) is 33.5 Å². The SMILES string of the molecule is CC1(C)[C@H](NC(=O)c2ccc(N3CCC(CN4CCN(c5cc6c(cc5F)C(=O)N(C5CCC(=O)NC5=O)C6=O)CC4)CC3)nc2)C(C)(C)[C@H]1Oc1ccc(C#N)c2ncccc12. The summed E-state index contributed by atoms with van der Waals surface area (Å²) >= 11 is 0. The highest BCUT2D eigenvalue weighted by atomic mass is 19.1. The van der Waals surface area contributed by atoms with E-state index >= 15 is 4.39 Å². The van der Waals surface area contributed by atoms with E-state index in [-0.39, 0.29) is 47.7 Å². The number of carbonyl (C=O) groups is 5. The number of hydrogen-bond donors (Lipinski definition) is 2. The van der Waals surface area contributed by atoms with Crippen molar-refractivity contribution in [2.45, 2.75) is 71.6 Å². The normalized spacial score (nSPS) is 23.6. The average molecular weight is 856 g/mol. The summed E-state index contributed by atoms with van der Waals surface area (Å²) in [5.74, 6) is -1.36. The zero-order chi connectivity index (χ0) is 44.4. The van der Waals surface area contributed by atoms with Crippen LogP contribution in [0.2, 0.25) is 0 Å². The molecule has 16 heteroatoms. The van der Waals surface area contributed by atoms with Crippen molar-refractivity contribution < 1.29 is 33.1 Å². The second kappa shape index (κ2) is 16.0. The molecule has 326 valence electrons. The summed E-state index contributed by atoms with van der Waals surface area (Å²) in [5.41, 5.74) is 1.03. The van der Waals surface area contributed by atoms with Gasteiger partial charge in [0, 0.05) is 86.9 Å². The number of halogens is 1. The number of ether oxygens (including phenoxy) is 1. The first-order valence-corrected chi connectivity index (χ1v) is 21.6. The molecule has 2 aromatic heterocycles. The van der Waals surface area contributed by atoms with Crippen LogP contribution < -0.4 is 25.2 Å². The number of piperidine rings is 2. The summed E-state index contributed by atoms with van der Waals surface area (Å²) in [6, 6.07) is 14.5. The number of nitrogens with zero attached hydrogens (tertiary/aromatic N) is 7. The van der Waals surface area contributed by atoms with E-state index in [9.17, 15) is 29.2 Å². The van der Waals surface area contributed by atoms with Crippen LogP contribution in [-0.2, 0) is 9.59 Å². The number of benzene rings is 2. The van der Waals surface area contributed by atoms with Crippen molar-refractivity contribution >= 4 is 51.9 Å². The molecular formula is C47H50FN9O6. The molecule has 0 spiro atoms. The van der Waals surface area contributed by atoms with Crippen LogP contribution in [0, 0.1) is 33.9 Å². The predicted molar refractivity (Wildman–Crippen MR) is 231 cm³/mol. The van der Waals surface area contributed by atoms with Crippen LogP contribution in [0.1, 0.15) is 90.0 Å². The van der Waals surface area contributed by atoms with Gasteiger partial charge in [-0.15, -0.1) is 0 Å². The summed E-state index contributed by atoms with van der Waals surface area (Å²) in [5, 5.41) is 15.8. The smallest absolute Gasteiger partial charge is 0.262 e. The van der Waals surface area contributed by atoms with Crippen LogP contribution in [0.5, 0.6) is 5.75 Å². The number of fused-ring (bicyclic) bond motifs is 2. The van der Waals surface area contributed by atoms with E-state index in [0.717, 1.165) is 54.6 Å². The van der Waals surface area contributed by atoms with E-state index < -0.39 is 46.3 Å². The predicted octanol–water partition coefficient (Wildman–Crippen LogP) is 4.69. The van der Waals surface area contributed by atoms with Gasteiger partial charge in [-0.2, -0.15) is 5.26 Å². The lowest BCUT2D eigenvalue weighted by Gasteiger charge is -2.63. The Morgan fingerprint density at radius 3 is 2.29 bits per heavy atom. The van der Waals surface area contributed by atoms with Crippen molar-refractivity contribution in [2.24, 2.45) is 16.7 Å². The lowest BCUT2D eigenvalue weighted by molar-refractivity contribution is -0.163. The van der Waals surface area contributed by atoms with Gasteiger partial charge in [-0.3, -0.25) is 44.1 Å². The molecule has 15 nitrogen and oxygen atoms in total. The number of aromatic nitrogens is 2. The van der Waals surface area contributed by atoms with E-state index in [1.165, 1.54) is 6.07 Å². The fraction of sp³-hybridized carbons (Fsp3) is 0.447. The van der Waals surface area contributed by atoms with Gasteiger partial charge in [0.25, 0.3) is 17.7 Å². The van der Waals surface area contributed by atoms with Crippen molar-refractivity contribution in [3.63, 3.8) is 0 Å². The highest BCUT2D eigenvalue weighted by molar-refractivity contribution is 6.23. The monoisotopic (exact) mass is 855 g/mol. The number of pyridine rings is 2. The number of rotatable bonds is 9. The molecule has 6 heterocycles. The Balaban J connectivity index is 0.748. The molecule has 63 heavy (non-hydrogen) atoms. The number of amides is 5. The summed E-state index contributed by atoms with van der Waals surface area (Å²) in [7, 11) is 0. The van der Waals surface area contributed by atoms with Crippen LogP contribution in [0.15, 0.2) is 60.9 Å². The molecule has 5 aliphatic rings. The summed E-state index contributed by atoms with van der Waals surface area (Å²) in [6.45, 7) is 13.5. The number of imide groups is 2. The Hall–Kier alpha value is -6.47. The molecule has 1 atom stereocenters. The number of nitrogens with one attached hydrogen (secondary N) is 2. The molecule has 2 N–H and O–H groups in total. The summed E-state index contributed by atoms with van der Waals surface area (Å²) in [4.78, 5) is 80.7. The molecule has 4 aliphatic heterocycles. The third-order valence-electron chi connectivity index (χ3n) is 13.9. The molecule has 0 radical (unpaired) electrons. The van der Waals surface area contributed by atoms with Gasteiger partial charge in [0.15, 0.2) is 0 Å². The van der Waals surface area contributed by atoms with Gasteiger partial charge in [-0.25, -0.2) is 9.37 Å². The summed E-state index contributed by atoms with van der Waals surface area (Å²) < 4.78 is 22.1. The first-order chi connectivity index (χ1) is 30.1. The van der Waals surface area contributed by atoms with Crippen molar-refractivity contribution in [1.82, 2.24) is 30.4 Å². The zero-order valence-corrected chi connectivity index (χ0v) is 35.8. The molecule has 4 aromatic rings. The molecule has 1 aliphatic carbocycles. The first-order valence-electron chi connectivity index (χ1n) is 21.6. The molecule has 0 bridgehead atoms. The number of hydrogen-bond acceptors (Lipinski definition) is 12. The molecular weight excluding hydrogens is 806 g/mol. The number of nitriles is 1. The van der Waals surface area contributed by atoms with Crippen LogP contribution in [0.4, 0.5) is 15.9 Å². The van der Waals surface area contributed by atoms with Crippen LogP contribution >= 0.6 is 0 Å². The van der Waals surface area contributed by atoms with Crippen molar-refractivity contribution in [2.75, 3.05) is 55.6 Å². The molecule has 4 fully saturated rings. The van der Waals surface area contributed by atoms with Crippen molar-refractivity contribution in [1.29, 1.82) is 5.26 Å². The van der Waals surface area contributed by atoms with Gasteiger partial charge in [-0.05, 0) is 73.7 Å². The summed E-state index contributed by atoms with van der Waals surface area (Å²) in [6.07, 6.45) is 5.10. The van der Waals surface area contributed by atoms with E-state index in [0.29, 0.717) is 54.5 Å². The van der Waals surface area contributed by atoms with Gasteiger partial charge in [0.1, 0.15) is 35.6 Å². The third-order valence-corrected chi connectivity index (χ3v) is 13.9. The van der Waals surface area contributed by atoms with Crippen LogP contribution in [-0.4, -0.2) is 113 Å². The number of piperazine rings is 1. The van der Waals surface area contributed by atoms with E-state index in [4.69, 9.17) is 9.72 Å². The fourth-order valence-corrected chi connectivity index (χ4v) is 10.8. The maximum atomic E-state index is 15.5. The third kappa shape index (κ3) is 7.41. The van der Waals surface area contributed by atoms with E-state index in [2.05, 4.69) is 59.2 Å². The van der Waals surface area contributed by atoms with E-state index in [1.54, 1.807) is 18.5 Å². The second-order valence-electron chi connectivity index (χ2n) is 18.6. The van der Waals surface area contributed by atoms with Gasteiger partial charge >= 0.3 is 0 Å². The lowest BCUT2D eigenvalue weighted by Crippen LogP contribution is -2.74. The lowest BCUT2D eigenvalue weighted by atomic mass is 9.49. The molecule has 2 aromatic carbocycles. The topological polar surface area (TPSA) is 181 Å². The Bertz CT molecular complexity index is 2560. The standard InChI is InChI=1S/C47H50FN9O6/c1-46(2)44(47(3,4)45(46)63-36-10-7-28(24-49)39-30(36)6-5-15-50-39)53-40(59)29-8-11-37(51-25-29)56-16-13-27(14-17-56)26-54-18-20-55(21-19-54)35-23-32-31(22-33(35)48)42(61)57(43(32)62)34-9-12-38(58)52-41(34)60/h5-8,10-11,15,22-23,25,27,34,44-45H,9,12-14,16-21,26H2,1-4H3,(H,53,59)(H,52,58,60)/t34?,44-,45-. The Morgan fingerprint density at radius 2 is 1.62 bits per heavy atom. The van der Waals surface area contributed by atoms with Gasteiger partial charge in [-0.1, -0.05) is 27.7 Å². The number of carbonyl (C=O) groups excluding carboxylic acids is 5. The Labute approximate surface area is 364 Å². The molecule has 9 rings (SSSR count). The fourth-order valence-electron chi connectivity index (χ4n) is 10.8. The highest BCUT2D eigenvalue weighted by Crippen LogP contribution is 2.56. The van der Waals surface area contributed by atoms with Crippen molar-refractivity contribution in [3.05, 3.63) is 89.0 Å². The van der Waals surface area contributed by atoms with E-state index in [1.807, 2.05) is 35.2 Å². The van der Waals surface area contributed by atoms with Crippen LogP contribution in [0.3, 0.4) is 0 Å². The minimum absolute atomic E-state index is 0.0123. The molecule has 5 amide bonds. The largest absolute Gasteiger partial charge is 0.488 e. The first kappa shape index (κ1) is 41.9. The molecule has 3 saturated heterocycles. The zero-order valence-electron chi connectivity index (χ0n) is 35.8.